The summed E-state index contributed by atoms with van der Waals surface area (Å²) in [6, 6.07) is 11.3. The van der Waals surface area contributed by atoms with Gasteiger partial charge in [-0.3, -0.25) is 14.2 Å². The highest BCUT2D eigenvalue weighted by Crippen LogP contribution is 2.27. The van der Waals surface area contributed by atoms with Gasteiger partial charge in [-0.25, -0.2) is 4.79 Å². The molecule has 8 heteroatoms. The standard InChI is InChI=1S/C17H14ClN3O4/c1-25-14-7-6-10(8-12(14)18)19-15(22)9-21-16(23)11-4-2-3-5-13(11)20-17(21)24/h2-8H,9H2,1H3,(H,19,22)(H,20,24). The third-order valence-corrected chi connectivity index (χ3v) is 3.92. The molecule has 0 spiro atoms. The maximum absolute atomic E-state index is 12.4. The van der Waals surface area contributed by atoms with E-state index in [-0.39, 0.29) is 0 Å². The minimum absolute atomic E-state index is 0.334. The van der Waals surface area contributed by atoms with Gasteiger partial charge in [-0.2, -0.15) is 0 Å². The van der Waals surface area contributed by atoms with Crippen molar-refractivity contribution in [2.24, 2.45) is 0 Å². The molecule has 0 bridgehead atoms. The largest absolute Gasteiger partial charge is 0.495 e. The number of H-pyrrole nitrogens is 1. The first-order valence-electron chi connectivity index (χ1n) is 7.35. The third-order valence-electron chi connectivity index (χ3n) is 3.63. The lowest BCUT2D eigenvalue weighted by Crippen LogP contribution is -2.38. The van der Waals surface area contributed by atoms with E-state index >= 15 is 0 Å². The molecule has 3 rings (SSSR count). The van der Waals surface area contributed by atoms with Gasteiger partial charge in [0.05, 0.1) is 23.0 Å². The van der Waals surface area contributed by atoms with Crippen molar-refractivity contribution in [1.82, 2.24) is 9.55 Å². The topological polar surface area (TPSA) is 93.2 Å². The van der Waals surface area contributed by atoms with E-state index in [1.807, 2.05) is 0 Å². The first-order valence-corrected chi connectivity index (χ1v) is 7.72. The van der Waals surface area contributed by atoms with Crippen molar-refractivity contribution in [3.63, 3.8) is 0 Å². The Kier molecular flexibility index (Phi) is 4.58. The van der Waals surface area contributed by atoms with E-state index in [1.54, 1.807) is 36.4 Å². The molecule has 2 N–H and O–H groups in total. The van der Waals surface area contributed by atoms with E-state index in [0.29, 0.717) is 27.4 Å². The summed E-state index contributed by atoms with van der Waals surface area (Å²) < 4.78 is 5.89. The monoisotopic (exact) mass is 359 g/mol. The second kappa shape index (κ2) is 6.82. The van der Waals surface area contributed by atoms with Crippen LogP contribution in [-0.2, 0) is 11.3 Å². The lowest BCUT2D eigenvalue weighted by Gasteiger charge is -2.09. The Hall–Kier alpha value is -3.06. The highest BCUT2D eigenvalue weighted by atomic mass is 35.5. The molecule has 0 saturated carbocycles. The van der Waals surface area contributed by atoms with Crippen molar-refractivity contribution in [3.05, 3.63) is 68.3 Å². The summed E-state index contributed by atoms with van der Waals surface area (Å²) in [5.74, 6) is -0.0500. The summed E-state index contributed by atoms with van der Waals surface area (Å²) in [6.07, 6.45) is 0. The summed E-state index contributed by atoms with van der Waals surface area (Å²) in [5, 5.41) is 3.26. The van der Waals surface area contributed by atoms with Crippen LogP contribution in [0.1, 0.15) is 0 Å². The lowest BCUT2D eigenvalue weighted by atomic mass is 10.2. The van der Waals surface area contributed by atoms with Crippen LogP contribution in [0.4, 0.5) is 5.69 Å². The van der Waals surface area contributed by atoms with E-state index in [0.717, 1.165) is 4.57 Å². The highest BCUT2D eigenvalue weighted by molar-refractivity contribution is 6.32. The van der Waals surface area contributed by atoms with Crippen LogP contribution in [-0.4, -0.2) is 22.6 Å². The van der Waals surface area contributed by atoms with Crippen LogP contribution in [0.25, 0.3) is 10.9 Å². The zero-order chi connectivity index (χ0) is 18.0. The molecule has 0 saturated heterocycles. The second-order valence-electron chi connectivity index (χ2n) is 5.26. The van der Waals surface area contributed by atoms with Crippen molar-refractivity contribution in [2.45, 2.75) is 6.54 Å². The Morgan fingerprint density at radius 2 is 2.00 bits per heavy atom. The number of rotatable bonds is 4. The maximum Gasteiger partial charge on any atom is 0.329 e. The van der Waals surface area contributed by atoms with Gasteiger partial charge >= 0.3 is 5.69 Å². The van der Waals surface area contributed by atoms with Crippen LogP contribution < -0.4 is 21.3 Å². The molecule has 2 aromatic carbocycles. The van der Waals surface area contributed by atoms with E-state index in [9.17, 15) is 14.4 Å². The van der Waals surface area contributed by atoms with Crippen LogP contribution in [0.2, 0.25) is 5.02 Å². The van der Waals surface area contributed by atoms with Crippen LogP contribution in [0.15, 0.2) is 52.1 Å². The predicted molar refractivity (Wildman–Crippen MR) is 95.5 cm³/mol. The number of methoxy groups -OCH3 is 1. The molecule has 0 fully saturated rings. The summed E-state index contributed by atoms with van der Waals surface area (Å²) >= 11 is 6.00. The number of nitrogens with one attached hydrogen (secondary N) is 2. The van der Waals surface area contributed by atoms with Gasteiger partial charge in [0.15, 0.2) is 0 Å². The van der Waals surface area contributed by atoms with Crippen molar-refractivity contribution < 1.29 is 9.53 Å². The van der Waals surface area contributed by atoms with Crippen molar-refractivity contribution >= 4 is 34.1 Å². The molecule has 1 heterocycles. The summed E-state index contributed by atoms with van der Waals surface area (Å²) in [4.78, 5) is 39.2. The maximum atomic E-state index is 12.4. The van der Waals surface area contributed by atoms with Crippen LogP contribution in [0.5, 0.6) is 5.75 Å². The van der Waals surface area contributed by atoms with E-state index < -0.39 is 23.7 Å². The first-order chi connectivity index (χ1) is 12.0. The number of para-hydroxylation sites is 1. The van der Waals surface area contributed by atoms with Crippen molar-refractivity contribution in [1.29, 1.82) is 0 Å². The van der Waals surface area contributed by atoms with Crippen molar-refractivity contribution in [2.75, 3.05) is 12.4 Å². The zero-order valence-corrected chi connectivity index (χ0v) is 14.0. The number of hydrogen-bond acceptors (Lipinski definition) is 4. The normalized spacial score (nSPS) is 10.6. The van der Waals surface area contributed by atoms with Gasteiger partial charge in [0, 0.05) is 5.69 Å². The molecule has 1 aromatic heterocycles. The number of aromatic amines is 1. The predicted octanol–water partition coefficient (Wildman–Crippen LogP) is 1.99. The fourth-order valence-electron chi connectivity index (χ4n) is 2.43. The molecule has 128 valence electrons. The van der Waals surface area contributed by atoms with Gasteiger partial charge in [0.2, 0.25) is 5.91 Å². The molecular weight excluding hydrogens is 346 g/mol. The number of fused-ring (bicyclic) bond motifs is 1. The Morgan fingerprint density at radius 1 is 1.24 bits per heavy atom. The minimum Gasteiger partial charge on any atom is -0.495 e. The van der Waals surface area contributed by atoms with Gasteiger partial charge in [0.1, 0.15) is 12.3 Å². The number of aromatic nitrogens is 2. The van der Waals surface area contributed by atoms with Crippen molar-refractivity contribution in [3.8, 4) is 5.75 Å². The van der Waals surface area contributed by atoms with E-state index in [4.69, 9.17) is 16.3 Å². The molecular formula is C17H14ClN3O4. The van der Waals surface area contributed by atoms with Crippen LogP contribution >= 0.6 is 11.6 Å². The zero-order valence-electron chi connectivity index (χ0n) is 13.2. The van der Waals surface area contributed by atoms with Gasteiger partial charge in [0.25, 0.3) is 5.56 Å². The number of ether oxygens (including phenoxy) is 1. The summed E-state index contributed by atoms with van der Waals surface area (Å²) in [7, 11) is 1.48. The van der Waals surface area contributed by atoms with Gasteiger partial charge in [-0.15, -0.1) is 0 Å². The van der Waals surface area contributed by atoms with Gasteiger partial charge in [-0.05, 0) is 30.3 Å². The van der Waals surface area contributed by atoms with Gasteiger partial charge < -0.3 is 15.0 Å². The number of benzene rings is 2. The first kappa shape index (κ1) is 16.8. The minimum atomic E-state index is -0.647. The van der Waals surface area contributed by atoms with E-state index in [1.165, 1.54) is 13.2 Å². The highest BCUT2D eigenvalue weighted by Gasteiger charge is 2.12. The molecule has 3 aromatic rings. The molecule has 0 atom stereocenters. The summed E-state index contributed by atoms with van der Waals surface area (Å²) in [5.41, 5.74) is -0.314. The molecule has 0 radical (unpaired) electrons. The number of anilines is 1. The molecule has 25 heavy (non-hydrogen) atoms. The average Bonchev–Trinajstić information content (AvgIpc) is 2.59. The Bertz CT molecular complexity index is 1070. The molecule has 0 aliphatic heterocycles. The van der Waals surface area contributed by atoms with Gasteiger partial charge in [-0.1, -0.05) is 23.7 Å². The fourth-order valence-corrected chi connectivity index (χ4v) is 2.69. The quantitative estimate of drug-likeness (QED) is 0.745. The SMILES string of the molecule is COc1ccc(NC(=O)Cn2c(=O)[nH]c3ccccc3c2=O)cc1Cl. The lowest BCUT2D eigenvalue weighted by molar-refractivity contribution is -0.116. The molecule has 0 aliphatic carbocycles. The third kappa shape index (κ3) is 3.41. The number of carbonyl (C=O) groups excluding carboxylic acids is 1. The number of nitrogens with zero attached hydrogens (tertiary/aromatic N) is 1. The smallest absolute Gasteiger partial charge is 0.329 e. The van der Waals surface area contributed by atoms with Crippen LogP contribution in [0, 0.1) is 0 Å². The number of halogens is 1. The number of hydrogen-bond donors (Lipinski definition) is 2. The molecule has 1 amide bonds. The molecule has 7 nitrogen and oxygen atoms in total. The molecule has 0 unspecified atom stereocenters. The van der Waals surface area contributed by atoms with E-state index in [2.05, 4.69) is 10.3 Å². The van der Waals surface area contributed by atoms with Crippen LogP contribution in [0.3, 0.4) is 0 Å². The average molecular weight is 360 g/mol. The second-order valence-corrected chi connectivity index (χ2v) is 5.67. The summed E-state index contributed by atoms with van der Waals surface area (Å²) in [6.45, 7) is -0.414. The molecule has 0 aliphatic rings. The Labute approximate surface area is 146 Å². The fraction of sp³-hybridized carbons (Fsp3) is 0.118. The number of carbonyl (C=O) groups is 1. The number of amides is 1. The Balaban J connectivity index is 1.86. The Morgan fingerprint density at radius 3 is 2.72 bits per heavy atom.